The zero-order valence-corrected chi connectivity index (χ0v) is 11.3. The van der Waals surface area contributed by atoms with E-state index in [2.05, 4.69) is 26.2 Å². The maximum atomic E-state index is 13.6. The average Bonchev–Trinajstić information content (AvgIpc) is 3.00. The molecule has 1 N–H and O–H groups in total. The number of aromatic nitrogens is 2. The number of hydrogen-bond donors (Lipinski definition) is 1. The van der Waals surface area contributed by atoms with Crippen LogP contribution in [0.1, 0.15) is 24.6 Å². The largest absolute Gasteiger partial charge is 0.309 e. The predicted octanol–water partition coefficient (Wildman–Crippen LogP) is 3.20. The Kier molecular flexibility index (Phi) is 3.18. The van der Waals surface area contributed by atoms with Gasteiger partial charge in [0, 0.05) is 11.7 Å². The fraction of sp³-hybridized carbons (Fsp3) is 0.308. The highest BCUT2D eigenvalue weighted by atomic mass is 79.9. The van der Waals surface area contributed by atoms with Crippen LogP contribution >= 0.6 is 15.9 Å². The van der Waals surface area contributed by atoms with Gasteiger partial charge in [0.15, 0.2) is 0 Å². The number of halogens is 2. The van der Waals surface area contributed by atoms with Crippen LogP contribution < -0.4 is 5.32 Å². The molecule has 0 spiro atoms. The molecule has 2 heterocycles. The van der Waals surface area contributed by atoms with E-state index in [9.17, 15) is 4.39 Å². The molecule has 0 bridgehead atoms. The Morgan fingerprint density at radius 2 is 2.33 bits per heavy atom. The fourth-order valence-corrected chi connectivity index (χ4v) is 2.60. The lowest BCUT2D eigenvalue weighted by Gasteiger charge is -2.14. The molecule has 1 fully saturated rings. The molecule has 1 saturated heterocycles. The summed E-state index contributed by atoms with van der Waals surface area (Å²) >= 11 is 3.17. The molecule has 0 radical (unpaired) electrons. The lowest BCUT2D eigenvalue weighted by molar-refractivity contribution is 0.607. The van der Waals surface area contributed by atoms with Crippen LogP contribution in [0.25, 0.3) is 5.69 Å². The van der Waals surface area contributed by atoms with Gasteiger partial charge in [0.05, 0.1) is 22.7 Å². The van der Waals surface area contributed by atoms with Crippen LogP contribution in [-0.4, -0.2) is 16.1 Å². The minimum absolute atomic E-state index is 0.258. The summed E-state index contributed by atoms with van der Waals surface area (Å²) in [7, 11) is 0. The summed E-state index contributed by atoms with van der Waals surface area (Å²) in [6, 6.07) is 5.44. The van der Waals surface area contributed by atoms with Crippen LogP contribution in [0.3, 0.4) is 0 Å². The molecule has 18 heavy (non-hydrogen) atoms. The van der Waals surface area contributed by atoms with Crippen molar-refractivity contribution in [3.63, 3.8) is 0 Å². The maximum absolute atomic E-state index is 13.6. The van der Waals surface area contributed by atoms with E-state index in [1.54, 1.807) is 12.4 Å². The number of hydrogen-bond acceptors (Lipinski definition) is 2. The average molecular weight is 310 g/mol. The normalized spacial score (nSPS) is 19.3. The SMILES string of the molecule is Fc1cc(-n2cncc2C2CCCN2)ccc1Br. The van der Waals surface area contributed by atoms with Gasteiger partial charge in [0.2, 0.25) is 0 Å². The van der Waals surface area contributed by atoms with Crippen LogP contribution in [0.2, 0.25) is 0 Å². The van der Waals surface area contributed by atoms with Crippen LogP contribution in [0.15, 0.2) is 35.2 Å². The van der Waals surface area contributed by atoms with Gasteiger partial charge in [0.25, 0.3) is 0 Å². The molecular formula is C13H13BrFN3. The van der Waals surface area contributed by atoms with Crippen molar-refractivity contribution in [2.24, 2.45) is 0 Å². The Hall–Kier alpha value is -1.20. The molecule has 1 aromatic heterocycles. The third-order valence-corrected chi connectivity index (χ3v) is 3.91. The molecule has 0 amide bonds. The maximum Gasteiger partial charge on any atom is 0.139 e. The van der Waals surface area contributed by atoms with E-state index in [1.165, 1.54) is 12.5 Å². The van der Waals surface area contributed by atoms with Gasteiger partial charge in [-0.15, -0.1) is 0 Å². The van der Waals surface area contributed by atoms with Gasteiger partial charge >= 0.3 is 0 Å². The van der Waals surface area contributed by atoms with E-state index >= 15 is 0 Å². The number of benzene rings is 1. The number of nitrogens with zero attached hydrogens (tertiary/aromatic N) is 2. The molecule has 0 aliphatic carbocycles. The van der Waals surface area contributed by atoms with Gasteiger partial charge in [-0.1, -0.05) is 0 Å². The highest BCUT2D eigenvalue weighted by Gasteiger charge is 2.20. The molecule has 94 valence electrons. The van der Waals surface area contributed by atoms with Crippen molar-refractivity contribution in [3.8, 4) is 5.69 Å². The van der Waals surface area contributed by atoms with Crippen molar-refractivity contribution in [1.82, 2.24) is 14.9 Å². The molecule has 1 aliphatic heterocycles. The molecule has 5 heteroatoms. The summed E-state index contributed by atoms with van der Waals surface area (Å²) in [5, 5.41) is 3.43. The van der Waals surface area contributed by atoms with Crippen LogP contribution in [-0.2, 0) is 0 Å². The van der Waals surface area contributed by atoms with Gasteiger partial charge in [-0.2, -0.15) is 0 Å². The zero-order chi connectivity index (χ0) is 12.5. The topological polar surface area (TPSA) is 29.9 Å². The molecule has 1 aliphatic rings. The second-order valence-corrected chi connectivity index (χ2v) is 5.29. The van der Waals surface area contributed by atoms with E-state index in [4.69, 9.17) is 0 Å². The standard InChI is InChI=1S/C13H13BrFN3/c14-10-4-3-9(6-11(10)15)18-8-16-7-13(18)12-2-1-5-17-12/h3-4,6-8,12,17H,1-2,5H2. The first kappa shape index (κ1) is 11.9. The van der Waals surface area contributed by atoms with Crippen molar-refractivity contribution in [2.75, 3.05) is 6.54 Å². The molecule has 1 unspecified atom stereocenters. The highest BCUT2D eigenvalue weighted by molar-refractivity contribution is 9.10. The molecule has 2 aromatic rings. The monoisotopic (exact) mass is 309 g/mol. The predicted molar refractivity (Wildman–Crippen MR) is 71.2 cm³/mol. The number of rotatable bonds is 2. The number of nitrogens with one attached hydrogen (secondary N) is 1. The molecule has 3 rings (SSSR count). The summed E-state index contributed by atoms with van der Waals surface area (Å²) in [5.74, 6) is -0.258. The Bertz CT molecular complexity index is 561. The van der Waals surface area contributed by atoms with E-state index < -0.39 is 0 Å². The zero-order valence-electron chi connectivity index (χ0n) is 9.74. The summed E-state index contributed by atoms with van der Waals surface area (Å²) in [5.41, 5.74) is 1.89. The second kappa shape index (κ2) is 4.82. The van der Waals surface area contributed by atoms with E-state index in [0.29, 0.717) is 10.5 Å². The summed E-state index contributed by atoms with van der Waals surface area (Å²) < 4.78 is 16.0. The lowest BCUT2D eigenvalue weighted by atomic mass is 10.1. The van der Waals surface area contributed by atoms with Gasteiger partial charge in [-0.05, 0) is 53.5 Å². The summed E-state index contributed by atoms with van der Waals surface area (Å²) in [6.45, 7) is 1.03. The first-order chi connectivity index (χ1) is 8.75. The van der Waals surface area contributed by atoms with Gasteiger partial charge < -0.3 is 9.88 Å². The van der Waals surface area contributed by atoms with Crippen molar-refractivity contribution in [1.29, 1.82) is 0 Å². The third kappa shape index (κ3) is 2.08. The minimum atomic E-state index is -0.258. The smallest absolute Gasteiger partial charge is 0.139 e. The van der Waals surface area contributed by atoms with Crippen molar-refractivity contribution >= 4 is 15.9 Å². The fourth-order valence-electron chi connectivity index (χ4n) is 2.35. The van der Waals surface area contributed by atoms with E-state index in [0.717, 1.165) is 24.3 Å². The molecule has 1 atom stereocenters. The third-order valence-electron chi connectivity index (χ3n) is 3.27. The van der Waals surface area contributed by atoms with Crippen molar-refractivity contribution in [2.45, 2.75) is 18.9 Å². The van der Waals surface area contributed by atoms with Gasteiger partial charge in [-0.25, -0.2) is 9.37 Å². The Morgan fingerprint density at radius 1 is 1.44 bits per heavy atom. The summed E-state index contributed by atoms with van der Waals surface area (Å²) in [4.78, 5) is 4.18. The second-order valence-electron chi connectivity index (χ2n) is 4.44. The van der Waals surface area contributed by atoms with Crippen molar-refractivity contribution in [3.05, 3.63) is 46.7 Å². The lowest BCUT2D eigenvalue weighted by Crippen LogP contribution is -2.16. The van der Waals surface area contributed by atoms with Crippen LogP contribution in [0, 0.1) is 5.82 Å². The molecule has 1 aromatic carbocycles. The van der Waals surface area contributed by atoms with E-state index in [-0.39, 0.29) is 5.82 Å². The number of imidazole rings is 1. The minimum Gasteiger partial charge on any atom is -0.309 e. The Morgan fingerprint density at radius 3 is 3.06 bits per heavy atom. The Balaban J connectivity index is 2.00. The first-order valence-electron chi connectivity index (χ1n) is 5.97. The van der Waals surface area contributed by atoms with Crippen LogP contribution in [0.5, 0.6) is 0 Å². The highest BCUT2D eigenvalue weighted by Crippen LogP contribution is 2.26. The first-order valence-corrected chi connectivity index (χ1v) is 6.76. The van der Waals surface area contributed by atoms with Gasteiger partial charge in [-0.3, -0.25) is 0 Å². The van der Waals surface area contributed by atoms with E-state index in [1.807, 2.05) is 16.8 Å². The van der Waals surface area contributed by atoms with Gasteiger partial charge in [0.1, 0.15) is 5.82 Å². The summed E-state index contributed by atoms with van der Waals surface area (Å²) in [6.07, 6.45) is 5.86. The molecule has 0 saturated carbocycles. The Labute approximate surface area is 113 Å². The quantitative estimate of drug-likeness (QED) is 0.923. The van der Waals surface area contributed by atoms with Crippen molar-refractivity contribution < 1.29 is 4.39 Å². The van der Waals surface area contributed by atoms with Crippen LogP contribution in [0.4, 0.5) is 4.39 Å². The molecule has 3 nitrogen and oxygen atoms in total. The molecular weight excluding hydrogens is 297 g/mol.